The molecule has 0 radical (unpaired) electrons. The van der Waals surface area contributed by atoms with Crippen molar-refractivity contribution in [2.75, 3.05) is 19.3 Å². The Morgan fingerprint density at radius 1 is 0.853 bits per heavy atom. The summed E-state index contributed by atoms with van der Waals surface area (Å²) in [7, 11) is -3.32. The number of amides is 2. The van der Waals surface area contributed by atoms with Crippen LogP contribution in [0.15, 0.2) is 53.4 Å². The molecule has 3 rings (SSSR count). The number of ether oxygens (including phenoxy) is 1. The van der Waals surface area contributed by atoms with Gasteiger partial charge in [-0.1, -0.05) is 0 Å². The van der Waals surface area contributed by atoms with Gasteiger partial charge in [-0.2, -0.15) is 0 Å². The van der Waals surface area contributed by atoms with Crippen molar-refractivity contribution in [2.45, 2.75) is 36.7 Å². The first-order valence-corrected chi connectivity index (χ1v) is 12.9. The molecule has 2 amide bonds. The molecule has 1 saturated carbocycles. The van der Waals surface area contributed by atoms with E-state index in [1.54, 1.807) is 24.3 Å². The van der Waals surface area contributed by atoms with Crippen molar-refractivity contribution in [3.05, 3.63) is 59.7 Å². The van der Waals surface area contributed by atoms with Crippen LogP contribution in [0.4, 0.5) is 0 Å². The van der Waals surface area contributed by atoms with Gasteiger partial charge >= 0.3 is 5.97 Å². The summed E-state index contributed by atoms with van der Waals surface area (Å²) in [6, 6.07) is 12.3. The van der Waals surface area contributed by atoms with Crippen LogP contribution in [-0.2, 0) is 14.6 Å². The molecule has 0 aromatic heterocycles. The molecule has 0 aliphatic heterocycles. The quantitative estimate of drug-likeness (QED) is 0.460. The summed E-state index contributed by atoms with van der Waals surface area (Å²) in [5.41, 5.74) is 0.774. The van der Waals surface area contributed by atoms with Gasteiger partial charge in [-0.05, 0) is 74.2 Å². The number of sulfone groups is 1. The molecular formula is C24H28N2O7S. The van der Waals surface area contributed by atoms with Crippen molar-refractivity contribution in [2.24, 2.45) is 5.92 Å². The van der Waals surface area contributed by atoms with Crippen LogP contribution in [0, 0.1) is 5.92 Å². The molecule has 1 aliphatic carbocycles. The number of nitrogens with one attached hydrogen (secondary N) is 2. The maximum Gasteiger partial charge on any atom is 0.306 e. The molecule has 3 N–H and O–H groups in total. The standard InChI is InChI=1S/C24H28N2O7S/c1-34(31,32)21-12-6-17(7-13-21)23(28)26-15-14-25-22(27)16-2-8-19(9-3-16)33-20-10-4-18(5-11-20)24(29)30/h2-3,6-9,12-13,18,20H,4-5,10-11,14-15H2,1H3,(H,25,27)(H,26,28)(H,29,30)/t18-,20+. The van der Waals surface area contributed by atoms with E-state index in [2.05, 4.69) is 10.6 Å². The highest BCUT2D eigenvalue weighted by Crippen LogP contribution is 2.28. The Labute approximate surface area is 198 Å². The topological polar surface area (TPSA) is 139 Å². The molecule has 0 bridgehead atoms. The lowest BCUT2D eigenvalue weighted by atomic mass is 9.87. The molecule has 0 atom stereocenters. The van der Waals surface area contributed by atoms with Gasteiger partial charge in [-0.15, -0.1) is 0 Å². The van der Waals surface area contributed by atoms with Gasteiger partial charge in [-0.25, -0.2) is 8.42 Å². The molecule has 2 aromatic rings. The third-order valence-corrected chi connectivity index (χ3v) is 6.81. The Morgan fingerprint density at radius 2 is 1.32 bits per heavy atom. The minimum atomic E-state index is -3.32. The van der Waals surface area contributed by atoms with Gasteiger partial charge in [0.1, 0.15) is 5.75 Å². The van der Waals surface area contributed by atoms with E-state index >= 15 is 0 Å². The second-order valence-corrected chi connectivity index (χ2v) is 10.3. The normalized spacial score (nSPS) is 18.0. The molecule has 0 spiro atoms. The zero-order valence-electron chi connectivity index (χ0n) is 18.8. The van der Waals surface area contributed by atoms with Crippen LogP contribution in [0.25, 0.3) is 0 Å². The first-order chi connectivity index (χ1) is 16.1. The first-order valence-electron chi connectivity index (χ1n) is 11.0. The highest BCUT2D eigenvalue weighted by molar-refractivity contribution is 7.90. The molecule has 0 unspecified atom stereocenters. The average molecular weight is 489 g/mol. The zero-order chi connectivity index (χ0) is 24.7. The van der Waals surface area contributed by atoms with Crippen LogP contribution in [-0.4, -0.2) is 56.8 Å². The molecule has 0 saturated heterocycles. The molecular weight excluding hydrogens is 460 g/mol. The first kappa shape index (κ1) is 25.2. The van der Waals surface area contributed by atoms with Crippen molar-refractivity contribution in [1.29, 1.82) is 0 Å². The van der Waals surface area contributed by atoms with Gasteiger partial charge in [0.2, 0.25) is 0 Å². The Morgan fingerprint density at radius 3 is 1.76 bits per heavy atom. The van der Waals surface area contributed by atoms with Crippen LogP contribution in [0.3, 0.4) is 0 Å². The Balaban J connectivity index is 1.39. The van der Waals surface area contributed by atoms with Crippen molar-refractivity contribution in [1.82, 2.24) is 10.6 Å². The van der Waals surface area contributed by atoms with Gasteiger partial charge in [0, 0.05) is 30.5 Å². The van der Waals surface area contributed by atoms with Gasteiger partial charge < -0.3 is 20.5 Å². The van der Waals surface area contributed by atoms with E-state index in [0.29, 0.717) is 42.6 Å². The van der Waals surface area contributed by atoms with Crippen LogP contribution in [0.5, 0.6) is 5.75 Å². The number of aliphatic carboxylic acids is 1. The second-order valence-electron chi connectivity index (χ2n) is 8.26. The Kier molecular flexibility index (Phi) is 8.27. The Hall–Kier alpha value is -3.40. The molecule has 182 valence electrons. The van der Waals surface area contributed by atoms with Crippen LogP contribution >= 0.6 is 0 Å². The number of carbonyl (C=O) groups is 3. The van der Waals surface area contributed by atoms with Crippen molar-refractivity contribution < 1.29 is 32.6 Å². The van der Waals surface area contributed by atoms with E-state index in [-0.39, 0.29) is 41.8 Å². The average Bonchev–Trinajstić information content (AvgIpc) is 2.82. The minimum Gasteiger partial charge on any atom is -0.490 e. The third kappa shape index (κ3) is 7.05. The maximum absolute atomic E-state index is 12.3. The fourth-order valence-corrected chi connectivity index (χ4v) is 4.35. The van der Waals surface area contributed by atoms with Crippen LogP contribution in [0.1, 0.15) is 46.4 Å². The van der Waals surface area contributed by atoms with Gasteiger partial charge in [0.25, 0.3) is 11.8 Å². The maximum atomic E-state index is 12.3. The number of hydrogen-bond acceptors (Lipinski definition) is 6. The number of rotatable bonds is 9. The lowest BCUT2D eigenvalue weighted by molar-refractivity contribution is -0.143. The summed E-state index contributed by atoms with van der Waals surface area (Å²) in [5.74, 6) is -1.08. The SMILES string of the molecule is CS(=O)(=O)c1ccc(C(=O)NCCNC(=O)c2ccc(O[C@H]3CC[C@@H](C(=O)O)CC3)cc2)cc1. The van der Waals surface area contributed by atoms with E-state index in [4.69, 9.17) is 9.84 Å². The monoisotopic (exact) mass is 488 g/mol. The lowest BCUT2D eigenvalue weighted by Crippen LogP contribution is -2.34. The number of carbonyl (C=O) groups excluding carboxylic acids is 2. The second kappa shape index (κ2) is 11.1. The molecule has 34 heavy (non-hydrogen) atoms. The van der Waals surface area contributed by atoms with E-state index < -0.39 is 15.8 Å². The zero-order valence-corrected chi connectivity index (χ0v) is 19.6. The van der Waals surface area contributed by atoms with Crippen LogP contribution in [0.2, 0.25) is 0 Å². The molecule has 1 aliphatic rings. The highest BCUT2D eigenvalue weighted by Gasteiger charge is 2.26. The minimum absolute atomic E-state index is 0.0264. The van der Waals surface area contributed by atoms with E-state index in [0.717, 1.165) is 6.26 Å². The fraction of sp³-hybridized carbons (Fsp3) is 0.375. The number of carboxylic acids is 1. The predicted molar refractivity (Wildman–Crippen MR) is 125 cm³/mol. The molecule has 1 fully saturated rings. The highest BCUT2D eigenvalue weighted by atomic mass is 32.2. The molecule has 9 nitrogen and oxygen atoms in total. The summed E-state index contributed by atoms with van der Waals surface area (Å²) in [6.45, 7) is 0.426. The van der Waals surface area contributed by atoms with Crippen molar-refractivity contribution in [3.63, 3.8) is 0 Å². The largest absolute Gasteiger partial charge is 0.490 e. The Bertz CT molecular complexity index is 1120. The molecule has 10 heteroatoms. The van der Waals surface area contributed by atoms with Gasteiger partial charge in [0.05, 0.1) is 16.9 Å². The summed E-state index contributed by atoms with van der Waals surface area (Å²) in [4.78, 5) is 35.6. The molecule has 0 heterocycles. The lowest BCUT2D eigenvalue weighted by Gasteiger charge is -2.26. The number of carboxylic acid groups (broad SMARTS) is 1. The van der Waals surface area contributed by atoms with Crippen molar-refractivity contribution in [3.8, 4) is 5.75 Å². The van der Waals surface area contributed by atoms with Gasteiger partial charge in [-0.3, -0.25) is 14.4 Å². The van der Waals surface area contributed by atoms with E-state index in [1.165, 1.54) is 24.3 Å². The number of hydrogen-bond donors (Lipinski definition) is 3. The predicted octanol–water partition coefficient (Wildman–Crippen LogP) is 2.27. The van der Waals surface area contributed by atoms with Crippen LogP contribution < -0.4 is 15.4 Å². The summed E-state index contributed by atoms with van der Waals surface area (Å²) in [5, 5.41) is 14.5. The summed E-state index contributed by atoms with van der Waals surface area (Å²) < 4.78 is 28.9. The third-order valence-electron chi connectivity index (χ3n) is 5.68. The van der Waals surface area contributed by atoms with E-state index in [1.807, 2.05) is 0 Å². The summed E-state index contributed by atoms with van der Waals surface area (Å²) >= 11 is 0. The van der Waals surface area contributed by atoms with E-state index in [9.17, 15) is 22.8 Å². The smallest absolute Gasteiger partial charge is 0.306 e. The van der Waals surface area contributed by atoms with Crippen molar-refractivity contribution >= 4 is 27.6 Å². The number of benzene rings is 2. The molecule has 2 aromatic carbocycles. The van der Waals surface area contributed by atoms with Gasteiger partial charge in [0.15, 0.2) is 9.84 Å². The fourth-order valence-electron chi connectivity index (χ4n) is 3.71. The summed E-state index contributed by atoms with van der Waals surface area (Å²) in [6.07, 6.45) is 3.65.